The van der Waals surface area contributed by atoms with Crippen LogP contribution < -0.4 is 5.56 Å². The SMILES string of the molecule is CC1(C)c2ccccc2-c2ccccc2-n2c(=O)c3ccccc3c3cccc(c32)-c2ccccc21. The molecule has 0 fully saturated rings. The number of fused-ring (bicyclic) bond motifs is 8. The standard InChI is InChI=1S/C34H25NO/c1-34(2)29-19-8-5-13-23(29)25-15-7-10-21-31(25)35-32-26(22-12-3-4-16-28(22)33(35)36)17-11-18-27(32)24-14-6-9-20-30(24)34/h3-21H,1-2H3. The third-order valence-corrected chi connectivity index (χ3v) is 7.84. The van der Waals surface area contributed by atoms with Crippen molar-refractivity contribution in [1.29, 1.82) is 0 Å². The first-order chi connectivity index (χ1) is 17.6. The van der Waals surface area contributed by atoms with Crippen molar-refractivity contribution in [3.05, 3.63) is 137 Å². The lowest BCUT2D eigenvalue weighted by atomic mass is 9.72. The maximum Gasteiger partial charge on any atom is 0.263 e. The molecule has 36 heavy (non-hydrogen) atoms. The van der Waals surface area contributed by atoms with Crippen LogP contribution in [0.5, 0.6) is 0 Å². The number of nitrogens with zero attached hydrogens (tertiary/aromatic N) is 1. The van der Waals surface area contributed by atoms with E-state index < -0.39 is 0 Å². The average molecular weight is 464 g/mol. The van der Waals surface area contributed by atoms with Crippen LogP contribution >= 0.6 is 0 Å². The summed E-state index contributed by atoms with van der Waals surface area (Å²) in [4.78, 5) is 14.3. The molecule has 5 aromatic carbocycles. The largest absolute Gasteiger partial charge is 0.275 e. The summed E-state index contributed by atoms with van der Waals surface area (Å²) >= 11 is 0. The van der Waals surface area contributed by atoms with Crippen LogP contribution in [-0.2, 0) is 5.41 Å². The molecule has 2 heteroatoms. The minimum Gasteiger partial charge on any atom is -0.275 e. The molecular formula is C34H25NO. The van der Waals surface area contributed by atoms with Gasteiger partial charge in [-0.15, -0.1) is 0 Å². The van der Waals surface area contributed by atoms with E-state index in [2.05, 4.69) is 105 Å². The fourth-order valence-electron chi connectivity index (χ4n) is 6.14. The predicted octanol–water partition coefficient (Wildman–Crippen LogP) is 8.12. The summed E-state index contributed by atoms with van der Waals surface area (Å²) in [5.74, 6) is 0. The number of para-hydroxylation sites is 2. The van der Waals surface area contributed by atoms with E-state index in [1.54, 1.807) is 0 Å². The van der Waals surface area contributed by atoms with Gasteiger partial charge in [0.2, 0.25) is 0 Å². The first-order valence-corrected chi connectivity index (χ1v) is 12.4. The van der Waals surface area contributed by atoms with Gasteiger partial charge in [-0.2, -0.15) is 0 Å². The highest BCUT2D eigenvalue weighted by molar-refractivity contribution is 6.11. The van der Waals surface area contributed by atoms with Crippen LogP contribution in [0.1, 0.15) is 25.0 Å². The Labute approximate surface area is 210 Å². The van der Waals surface area contributed by atoms with Crippen LogP contribution in [0.2, 0.25) is 0 Å². The van der Waals surface area contributed by atoms with Crippen LogP contribution in [0.3, 0.4) is 0 Å². The third-order valence-electron chi connectivity index (χ3n) is 7.84. The highest BCUT2D eigenvalue weighted by Crippen LogP contribution is 2.46. The molecule has 0 atom stereocenters. The van der Waals surface area contributed by atoms with Gasteiger partial charge in [0.05, 0.1) is 11.2 Å². The molecule has 0 radical (unpaired) electrons. The van der Waals surface area contributed by atoms with Crippen molar-refractivity contribution in [2.45, 2.75) is 19.3 Å². The molecule has 1 aliphatic rings. The highest BCUT2D eigenvalue weighted by Gasteiger charge is 2.31. The summed E-state index contributed by atoms with van der Waals surface area (Å²) in [7, 11) is 0. The van der Waals surface area contributed by atoms with Crippen molar-refractivity contribution in [3.8, 4) is 27.9 Å². The number of benzene rings is 5. The Morgan fingerprint density at radius 3 is 1.72 bits per heavy atom. The summed E-state index contributed by atoms with van der Waals surface area (Å²) in [6, 6.07) is 40.0. The molecule has 0 aliphatic carbocycles. The third kappa shape index (κ3) is 2.76. The Kier molecular flexibility index (Phi) is 4.37. The van der Waals surface area contributed by atoms with Crippen molar-refractivity contribution in [3.63, 3.8) is 0 Å². The molecule has 2 nitrogen and oxygen atoms in total. The van der Waals surface area contributed by atoms with E-state index in [-0.39, 0.29) is 11.0 Å². The van der Waals surface area contributed by atoms with E-state index in [1.165, 1.54) is 11.1 Å². The van der Waals surface area contributed by atoms with Crippen molar-refractivity contribution in [2.24, 2.45) is 0 Å². The lowest BCUT2D eigenvalue weighted by Crippen LogP contribution is -2.24. The fraction of sp³-hybridized carbons (Fsp3) is 0.0882. The van der Waals surface area contributed by atoms with Crippen LogP contribution in [0.4, 0.5) is 0 Å². The zero-order valence-corrected chi connectivity index (χ0v) is 20.3. The second-order valence-electron chi connectivity index (χ2n) is 10.1. The van der Waals surface area contributed by atoms with Gasteiger partial charge >= 0.3 is 0 Å². The fourth-order valence-corrected chi connectivity index (χ4v) is 6.14. The summed E-state index contributed by atoms with van der Waals surface area (Å²) in [6.45, 7) is 4.62. The molecule has 0 saturated heterocycles. The van der Waals surface area contributed by atoms with Gasteiger partial charge in [-0.3, -0.25) is 9.36 Å². The van der Waals surface area contributed by atoms with E-state index in [4.69, 9.17) is 0 Å². The summed E-state index contributed by atoms with van der Waals surface area (Å²) < 4.78 is 1.95. The van der Waals surface area contributed by atoms with Gasteiger partial charge in [0, 0.05) is 27.3 Å². The van der Waals surface area contributed by atoms with E-state index in [0.29, 0.717) is 0 Å². The molecule has 0 amide bonds. The zero-order valence-electron chi connectivity index (χ0n) is 20.3. The number of hydrogen-bond acceptors (Lipinski definition) is 1. The quantitative estimate of drug-likeness (QED) is 0.209. The van der Waals surface area contributed by atoms with E-state index >= 15 is 0 Å². The molecule has 6 aromatic rings. The van der Waals surface area contributed by atoms with Crippen LogP contribution in [0, 0.1) is 0 Å². The monoisotopic (exact) mass is 463 g/mol. The molecule has 1 aliphatic heterocycles. The van der Waals surface area contributed by atoms with Gasteiger partial charge in [-0.1, -0.05) is 117 Å². The normalized spacial score (nSPS) is 13.6. The summed E-state index contributed by atoms with van der Waals surface area (Å²) in [5.41, 5.74) is 8.55. The van der Waals surface area contributed by atoms with Crippen molar-refractivity contribution in [1.82, 2.24) is 4.57 Å². The molecule has 172 valence electrons. The van der Waals surface area contributed by atoms with Crippen molar-refractivity contribution in [2.75, 3.05) is 0 Å². The highest BCUT2D eigenvalue weighted by atomic mass is 16.1. The van der Waals surface area contributed by atoms with Crippen LogP contribution in [-0.4, -0.2) is 4.57 Å². The first-order valence-electron chi connectivity index (χ1n) is 12.4. The van der Waals surface area contributed by atoms with Gasteiger partial charge in [-0.25, -0.2) is 0 Å². The van der Waals surface area contributed by atoms with Gasteiger partial charge in [0.25, 0.3) is 5.56 Å². The average Bonchev–Trinajstić information content (AvgIpc) is 2.93. The molecule has 0 bridgehead atoms. The van der Waals surface area contributed by atoms with Gasteiger partial charge in [0.15, 0.2) is 0 Å². The molecule has 1 aromatic heterocycles. The minimum atomic E-state index is -0.262. The molecular weight excluding hydrogens is 438 g/mol. The Bertz CT molecular complexity index is 1890. The van der Waals surface area contributed by atoms with E-state index in [9.17, 15) is 4.79 Å². The van der Waals surface area contributed by atoms with Gasteiger partial charge < -0.3 is 0 Å². The molecule has 0 N–H and O–H groups in total. The predicted molar refractivity (Wildman–Crippen MR) is 150 cm³/mol. The second-order valence-corrected chi connectivity index (χ2v) is 10.1. The smallest absolute Gasteiger partial charge is 0.263 e. The number of pyridine rings is 1. The maximum atomic E-state index is 14.3. The zero-order chi connectivity index (χ0) is 24.4. The van der Waals surface area contributed by atoms with Gasteiger partial charge in [0.1, 0.15) is 0 Å². The lowest BCUT2D eigenvalue weighted by Gasteiger charge is -2.33. The maximum absolute atomic E-state index is 14.3. The molecule has 7 rings (SSSR count). The lowest BCUT2D eigenvalue weighted by molar-refractivity contribution is 0.644. The second kappa shape index (κ2) is 7.53. The summed E-state index contributed by atoms with van der Waals surface area (Å²) in [6.07, 6.45) is 0. The molecule has 0 unspecified atom stereocenters. The van der Waals surface area contributed by atoms with Crippen LogP contribution in [0.15, 0.2) is 120 Å². The van der Waals surface area contributed by atoms with E-state index in [1.807, 2.05) is 28.8 Å². The molecule has 0 spiro atoms. The van der Waals surface area contributed by atoms with Crippen LogP contribution in [0.25, 0.3) is 49.6 Å². The minimum absolute atomic E-state index is 0.00722. The topological polar surface area (TPSA) is 22.0 Å². The summed E-state index contributed by atoms with van der Waals surface area (Å²) in [5, 5.41) is 2.80. The molecule has 2 heterocycles. The van der Waals surface area contributed by atoms with Gasteiger partial charge in [-0.05, 0) is 39.8 Å². The number of hydrogen-bond donors (Lipinski definition) is 0. The molecule has 0 saturated carbocycles. The number of rotatable bonds is 0. The Balaban J connectivity index is 1.83. The Morgan fingerprint density at radius 1 is 0.500 bits per heavy atom. The van der Waals surface area contributed by atoms with E-state index in [0.717, 1.165) is 49.6 Å². The Hall–Kier alpha value is -4.43. The Morgan fingerprint density at radius 2 is 1.00 bits per heavy atom. The van der Waals surface area contributed by atoms with Crippen molar-refractivity contribution >= 4 is 21.7 Å². The number of aromatic nitrogens is 1. The van der Waals surface area contributed by atoms with Crippen molar-refractivity contribution < 1.29 is 0 Å². The first kappa shape index (κ1) is 20.9.